The van der Waals surface area contributed by atoms with Crippen LogP contribution in [0.1, 0.15) is 42.2 Å². The number of aromatic hydroxyl groups is 1. The molecule has 2 N–H and O–H groups in total. The van der Waals surface area contributed by atoms with Crippen LogP contribution < -0.4 is 10.1 Å². The Hall–Kier alpha value is -2.70. The molecule has 1 aliphatic rings. The maximum Gasteiger partial charge on any atom is 0.162 e. The van der Waals surface area contributed by atoms with Gasteiger partial charge in [-0.1, -0.05) is 52.3 Å². The van der Waals surface area contributed by atoms with Crippen LogP contribution in [0, 0.1) is 5.82 Å². The number of phenolic OH excluding ortho intramolecular Hbond substituents is 1. The quantitative estimate of drug-likeness (QED) is 0.488. The highest BCUT2D eigenvalue weighted by molar-refractivity contribution is 9.10. The van der Waals surface area contributed by atoms with Crippen LogP contribution in [0.3, 0.4) is 0 Å². The highest BCUT2D eigenvalue weighted by Crippen LogP contribution is 2.39. The van der Waals surface area contributed by atoms with Crippen molar-refractivity contribution in [3.8, 4) is 11.5 Å². The molecule has 4 nitrogen and oxygen atoms in total. The van der Waals surface area contributed by atoms with Crippen molar-refractivity contribution < 1.29 is 14.2 Å². The smallest absolute Gasteiger partial charge is 0.162 e. The zero-order valence-corrected chi connectivity index (χ0v) is 18.1. The van der Waals surface area contributed by atoms with E-state index in [2.05, 4.69) is 21.2 Å². The molecule has 0 aliphatic carbocycles. The van der Waals surface area contributed by atoms with Crippen molar-refractivity contribution in [2.24, 2.45) is 4.99 Å². The third-order valence-corrected chi connectivity index (χ3v) is 5.56. The van der Waals surface area contributed by atoms with Gasteiger partial charge in [0, 0.05) is 28.2 Å². The zero-order valence-electron chi connectivity index (χ0n) is 16.5. The first kappa shape index (κ1) is 20.6. The minimum atomic E-state index is -0.441. The van der Waals surface area contributed by atoms with Crippen molar-refractivity contribution in [2.45, 2.75) is 25.6 Å². The molecule has 0 aromatic heterocycles. The van der Waals surface area contributed by atoms with Gasteiger partial charge in [-0.15, -0.1) is 0 Å². The van der Waals surface area contributed by atoms with E-state index >= 15 is 0 Å². The molecule has 0 unspecified atom stereocenters. The van der Waals surface area contributed by atoms with E-state index < -0.39 is 6.17 Å². The molecule has 0 amide bonds. The molecule has 154 valence electrons. The summed E-state index contributed by atoms with van der Waals surface area (Å²) in [6, 6.07) is 19.6. The van der Waals surface area contributed by atoms with Gasteiger partial charge in [-0.05, 0) is 48.4 Å². The monoisotopic (exact) mass is 468 g/mol. The summed E-state index contributed by atoms with van der Waals surface area (Å²) in [5.41, 5.74) is 3.32. The van der Waals surface area contributed by atoms with Crippen LogP contribution in [0.15, 0.2) is 76.2 Å². The first-order chi connectivity index (χ1) is 14.5. The van der Waals surface area contributed by atoms with Gasteiger partial charge < -0.3 is 9.84 Å². The van der Waals surface area contributed by atoms with Gasteiger partial charge in [0.1, 0.15) is 12.0 Å². The van der Waals surface area contributed by atoms with E-state index in [0.29, 0.717) is 18.8 Å². The fraction of sp³-hybridized carbons (Fsp3) is 0.208. The number of hydrogen-bond donors (Lipinski definition) is 2. The van der Waals surface area contributed by atoms with Crippen LogP contribution in [-0.2, 0) is 0 Å². The zero-order chi connectivity index (χ0) is 21.1. The molecule has 0 saturated carbocycles. The second kappa shape index (κ2) is 8.98. The first-order valence-electron chi connectivity index (χ1n) is 9.84. The van der Waals surface area contributed by atoms with Gasteiger partial charge in [0.15, 0.2) is 11.5 Å². The summed E-state index contributed by atoms with van der Waals surface area (Å²) < 4.78 is 20.4. The molecule has 0 bridgehead atoms. The van der Waals surface area contributed by atoms with Crippen molar-refractivity contribution in [2.75, 3.05) is 6.61 Å². The Labute approximate surface area is 183 Å². The van der Waals surface area contributed by atoms with E-state index in [0.717, 1.165) is 26.9 Å². The minimum absolute atomic E-state index is 0.116. The second-order valence-electron chi connectivity index (χ2n) is 7.09. The van der Waals surface area contributed by atoms with Crippen LogP contribution >= 0.6 is 15.9 Å². The van der Waals surface area contributed by atoms with E-state index in [9.17, 15) is 9.50 Å². The van der Waals surface area contributed by atoms with E-state index in [1.165, 1.54) is 12.1 Å². The van der Waals surface area contributed by atoms with E-state index in [1.54, 1.807) is 12.1 Å². The Bertz CT molecular complexity index is 1090. The van der Waals surface area contributed by atoms with Crippen LogP contribution in [0.25, 0.3) is 0 Å². The van der Waals surface area contributed by atoms with Crippen LogP contribution in [0.2, 0.25) is 0 Å². The molecule has 0 spiro atoms. The van der Waals surface area contributed by atoms with Crippen molar-refractivity contribution in [3.05, 3.63) is 93.7 Å². The van der Waals surface area contributed by atoms with Crippen LogP contribution in [0.5, 0.6) is 11.5 Å². The van der Waals surface area contributed by atoms with Gasteiger partial charge in [0.25, 0.3) is 0 Å². The molecular formula is C24H22BrFN2O2. The van der Waals surface area contributed by atoms with Crippen molar-refractivity contribution in [1.82, 2.24) is 5.32 Å². The summed E-state index contributed by atoms with van der Waals surface area (Å²) >= 11 is 3.52. The molecule has 1 aliphatic heterocycles. The Morgan fingerprint density at radius 3 is 2.70 bits per heavy atom. The van der Waals surface area contributed by atoms with Gasteiger partial charge in [-0.25, -0.2) is 4.39 Å². The number of aliphatic imine (C=N–C) groups is 1. The van der Waals surface area contributed by atoms with E-state index in [1.807, 2.05) is 49.4 Å². The average Bonchev–Trinajstić information content (AvgIpc) is 2.75. The normalized spacial score (nSPS) is 18.7. The van der Waals surface area contributed by atoms with Gasteiger partial charge >= 0.3 is 0 Å². The lowest BCUT2D eigenvalue weighted by Gasteiger charge is -2.31. The lowest BCUT2D eigenvalue weighted by atomic mass is 9.93. The fourth-order valence-corrected chi connectivity index (χ4v) is 4.09. The number of halogens is 2. The lowest BCUT2D eigenvalue weighted by molar-refractivity contribution is 0.313. The Balaban J connectivity index is 1.77. The van der Waals surface area contributed by atoms with Crippen LogP contribution in [0.4, 0.5) is 4.39 Å². The molecule has 0 saturated heterocycles. The summed E-state index contributed by atoms with van der Waals surface area (Å²) in [6.07, 6.45) is 0.134. The van der Waals surface area contributed by atoms with Gasteiger partial charge in [0.05, 0.1) is 6.61 Å². The molecule has 6 heteroatoms. The van der Waals surface area contributed by atoms with Crippen molar-refractivity contribution in [1.29, 1.82) is 0 Å². The molecule has 0 fully saturated rings. The molecule has 30 heavy (non-hydrogen) atoms. The second-order valence-corrected chi connectivity index (χ2v) is 8.01. The Morgan fingerprint density at radius 2 is 1.93 bits per heavy atom. The highest BCUT2D eigenvalue weighted by atomic mass is 79.9. The molecule has 4 rings (SSSR count). The van der Waals surface area contributed by atoms with E-state index in [-0.39, 0.29) is 17.6 Å². The Morgan fingerprint density at radius 1 is 1.13 bits per heavy atom. The summed E-state index contributed by atoms with van der Waals surface area (Å²) in [5, 5.41) is 14.3. The van der Waals surface area contributed by atoms with Gasteiger partial charge in [-0.2, -0.15) is 0 Å². The molecular weight excluding hydrogens is 447 g/mol. The number of benzene rings is 3. The predicted octanol–water partition coefficient (Wildman–Crippen LogP) is 5.92. The van der Waals surface area contributed by atoms with Crippen molar-refractivity contribution in [3.63, 3.8) is 0 Å². The Kier molecular flexibility index (Phi) is 6.16. The summed E-state index contributed by atoms with van der Waals surface area (Å²) in [5.74, 6) is 0.257. The number of rotatable bonds is 5. The molecule has 2 atom stereocenters. The minimum Gasteiger partial charge on any atom is -0.504 e. The maximum absolute atomic E-state index is 13.9. The predicted molar refractivity (Wildman–Crippen MR) is 120 cm³/mol. The van der Waals surface area contributed by atoms with Crippen LogP contribution in [-0.4, -0.2) is 17.4 Å². The molecule has 1 heterocycles. The number of phenols is 1. The topological polar surface area (TPSA) is 53.8 Å². The third-order valence-electron chi connectivity index (χ3n) is 5.07. The van der Waals surface area contributed by atoms with Gasteiger partial charge in [0.2, 0.25) is 0 Å². The maximum atomic E-state index is 13.9. The highest BCUT2D eigenvalue weighted by Gasteiger charge is 2.28. The average molecular weight is 469 g/mol. The summed E-state index contributed by atoms with van der Waals surface area (Å²) in [7, 11) is 0. The number of para-hydroxylation sites is 1. The first-order valence-corrected chi connectivity index (χ1v) is 10.6. The molecule has 0 radical (unpaired) electrons. The molecule has 3 aromatic carbocycles. The summed E-state index contributed by atoms with van der Waals surface area (Å²) in [6.45, 7) is 2.34. The number of nitrogens with one attached hydrogen (secondary N) is 1. The number of nitrogens with zero attached hydrogens (tertiary/aromatic N) is 1. The third kappa shape index (κ3) is 4.40. The number of ether oxygens (including phenoxy) is 1. The fourth-order valence-electron chi connectivity index (χ4n) is 3.69. The summed E-state index contributed by atoms with van der Waals surface area (Å²) in [4.78, 5) is 4.87. The molecule has 3 aromatic rings. The van der Waals surface area contributed by atoms with E-state index in [4.69, 9.17) is 9.73 Å². The number of hydrogen-bond acceptors (Lipinski definition) is 4. The van der Waals surface area contributed by atoms with Gasteiger partial charge in [-0.3, -0.25) is 10.3 Å². The lowest BCUT2D eigenvalue weighted by Crippen LogP contribution is -2.33. The SMILES string of the molecule is CCOc1cccc([C@@H]2CC(c3cccc(Br)c3)=N[C@@H](c3cccc(F)c3)N2)c1O. The standard InChI is InChI=1S/C24H22BrFN2O2/c1-2-30-22-11-5-10-19(23(22)29)21-14-20(15-6-3-8-17(25)12-15)27-24(28-21)16-7-4-9-18(26)13-16/h3-13,21,24,28-29H,2,14H2,1H3/t21-,24+/m0/s1. The van der Waals surface area contributed by atoms with Crippen molar-refractivity contribution >= 4 is 21.6 Å². The largest absolute Gasteiger partial charge is 0.504 e.